The van der Waals surface area contributed by atoms with Gasteiger partial charge in [-0.2, -0.15) is 0 Å². The number of fused-ring (bicyclic) bond motifs is 2. The van der Waals surface area contributed by atoms with Crippen LogP contribution in [0.5, 0.6) is 0 Å². The number of halogens is 2. The Hall–Kier alpha value is -2.19. The predicted molar refractivity (Wildman–Crippen MR) is 188 cm³/mol. The molecule has 46 heavy (non-hydrogen) atoms. The van der Waals surface area contributed by atoms with Crippen molar-refractivity contribution in [3.05, 3.63) is 129 Å². The molecule has 4 aromatic rings. The Morgan fingerprint density at radius 3 is 1.20 bits per heavy atom. The third kappa shape index (κ3) is 5.77. The van der Waals surface area contributed by atoms with Crippen molar-refractivity contribution in [2.45, 2.75) is 88.3 Å². The molecule has 0 aromatic heterocycles. The smallest absolute Gasteiger partial charge is 1.00 e. The molecule has 1 heterocycles. The van der Waals surface area contributed by atoms with E-state index in [1.165, 1.54) is 59.3 Å². The van der Waals surface area contributed by atoms with Crippen LogP contribution in [0.15, 0.2) is 96.1 Å². The number of hydrogen-bond acceptors (Lipinski definition) is 0. The Bertz CT molecular complexity index is 1680. The Morgan fingerprint density at radius 2 is 0.891 bits per heavy atom. The van der Waals surface area contributed by atoms with Crippen LogP contribution in [0.3, 0.4) is 0 Å². The van der Waals surface area contributed by atoms with Crippen molar-refractivity contribution in [3.63, 3.8) is 0 Å². The molecule has 3 heteroatoms. The summed E-state index contributed by atoms with van der Waals surface area (Å²) >= 11 is -2.95. The van der Waals surface area contributed by atoms with Gasteiger partial charge in [-0.05, 0) is 0 Å². The van der Waals surface area contributed by atoms with E-state index in [0.717, 1.165) is 0 Å². The van der Waals surface area contributed by atoms with Crippen molar-refractivity contribution in [2.75, 3.05) is 0 Å². The van der Waals surface area contributed by atoms with Gasteiger partial charge < -0.3 is 24.8 Å². The average Bonchev–Trinajstić information content (AvgIpc) is 3.48. The molecule has 2 atom stereocenters. The summed E-state index contributed by atoms with van der Waals surface area (Å²) < 4.78 is 4.36. The maximum Gasteiger partial charge on any atom is -1.00 e. The van der Waals surface area contributed by atoms with Gasteiger partial charge in [0.2, 0.25) is 0 Å². The van der Waals surface area contributed by atoms with Crippen LogP contribution >= 0.6 is 0 Å². The van der Waals surface area contributed by atoms with Gasteiger partial charge in [-0.25, -0.2) is 0 Å². The molecule has 7 rings (SSSR count). The van der Waals surface area contributed by atoms with E-state index in [-0.39, 0.29) is 35.6 Å². The first kappa shape index (κ1) is 35.1. The summed E-state index contributed by atoms with van der Waals surface area (Å²) in [6.07, 6.45) is 6.58. The molecule has 0 spiro atoms. The Morgan fingerprint density at radius 1 is 0.522 bits per heavy atom. The van der Waals surface area contributed by atoms with E-state index in [1.807, 2.05) is 0 Å². The summed E-state index contributed by atoms with van der Waals surface area (Å²) in [4.78, 5) is 0. The number of rotatable bonds is 4. The zero-order valence-electron chi connectivity index (χ0n) is 28.8. The quantitative estimate of drug-likeness (QED) is 0.203. The standard InChI is InChI=1S/2C20H21.C3H6.2ClH.Hf/c2*1-14-12-16-6-5-7-18(19(16)13-14)15-8-10-17(11-9-15)20(2,3)4;1-3-2;;;/h2*5-13H,1-4H3;1-3H2;2*1H;/q;;;;;+2/p-2. The normalized spacial score (nSPS) is 18.9. The van der Waals surface area contributed by atoms with E-state index < -0.39 is 20.0 Å². The van der Waals surface area contributed by atoms with Crippen molar-refractivity contribution < 1.29 is 44.8 Å². The summed E-state index contributed by atoms with van der Waals surface area (Å²) in [5.74, 6) is 0. The number of allylic oxidation sites excluding steroid dienone is 2. The zero-order valence-corrected chi connectivity index (χ0v) is 33.9. The molecule has 4 aromatic carbocycles. The van der Waals surface area contributed by atoms with Crippen LogP contribution in [0.25, 0.3) is 34.4 Å². The minimum Gasteiger partial charge on any atom is -1.00 e. The molecule has 0 saturated carbocycles. The van der Waals surface area contributed by atoms with Crippen LogP contribution in [-0.4, -0.2) is 0 Å². The molecule has 0 amide bonds. The van der Waals surface area contributed by atoms with Crippen molar-refractivity contribution in [1.29, 1.82) is 0 Å². The maximum absolute atomic E-state index is 2.95. The molecular weight excluding hydrogens is 766 g/mol. The molecule has 2 aliphatic carbocycles. The van der Waals surface area contributed by atoms with Crippen LogP contribution in [0, 0.1) is 0 Å². The van der Waals surface area contributed by atoms with Gasteiger partial charge in [-0.1, -0.05) is 0 Å². The Kier molecular flexibility index (Phi) is 9.69. The molecular formula is C43H48Cl2Hf. The van der Waals surface area contributed by atoms with Crippen molar-refractivity contribution >= 4 is 12.2 Å². The first-order valence-electron chi connectivity index (χ1n) is 16.7. The monoisotopic (exact) mass is 814 g/mol. The zero-order chi connectivity index (χ0) is 31.0. The van der Waals surface area contributed by atoms with Gasteiger partial charge in [-0.15, -0.1) is 0 Å². The SMILES string of the molecule is CC1=Cc2c(-c3ccc(C(C)(C)C)cc3)cccc2[CH]1[Hf+2]1([CH]2C(C)=Cc3c(-c4ccc(C(C)(C)C)cc4)cccc32)[CH2]C[CH2]1.[Cl-].[Cl-]. The molecule has 0 N–H and O–H groups in total. The van der Waals surface area contributed by atoms with Crippen molar-refractivity contribution in [3.8, 4) is 22.3 Å². The second-order valence-electron chi connectivity index (χ2n) is 16.0. The molecule has 0 bridgehead atoms. The third-order valence-electron chi connectivity index (χ3n) is 11.1. The van der Waals surface area contributed by atoms with Crippen molar-refractivity contribution in [1.82, 2.24) is 0 Å². The average molecular weight is 814 g/mol. The van der Waals surface area contributed by atoms with Gasteiger partial charge in [0.15, 0.2) is 0 Å². The fourth-order valence-corrected chi connectivity index (χ4v) is 31.7. The predicted octanol–water partition coefficient (Wildman–Crippen LogP) is 6.63. The molecule has 1 aliphatic heterocycles. The van der Waals surface area contributed by atoms with Gasteiger partial charge in [0, 0.05) is 0 Å². The number of benzene rings is 4. The largest absolute Gasteiger partial charge is 1.00 e. The molecule has 2 unspecified atom stereocenters. The van der Waals surface area contributed by atoms with Gasteiger partial charge in [0.05, 0.1) is 0 Å². The Balaban J connectivity index is 0.00000208. The van der Waals surface area contributed by atoms with Crippen LogP contribution < -0.4 is 24.8 Å². The van der Waals surface area contributed by atoms with E-state index in [1.54, 1.807) is 22.3 Å². The summed E-state index contributed by atoms with van der Waals surface area (Å²) in [7, 11) is 0. The van der Waals surface area contributed by atoms with Gasteiger partial charge in [-0.3, -0.25) is 0 Å². The second-order valence-corrected chi connectivity index (χ2v) is 32.6. The van der Waals surface area contributed by atoms with Crippen LogP contribution in [-0.2, 0) is 30.8 Å². The van der Waals surface area contributed by atoms with E-state index in [9.17, 15) is 0 Å². The third-order valence-corrected chi connectivity index (χ3v) is 34.1. The van der Waals surface area contributed by atoms with E-state index in [0.29, 0.717) is 7.35 Å². The fraction of sp³-hybridized carbons (Fsp3) is 0.349. The summed E-state index contributed by atoms with van der Waals surface area (Å²) in [6, 6.07) is 33.1. The van der Waals surface area contributed by atoms with Gasteiger partial charge in [0.25, 0.3) is 0 Å². The summed E-state index contributed by atoms with van der Waals surface area (Å²) in [5, 5.41) is 0. The molecule has 1 saturated heterocycles. The number of hydrogen-bond donors (Lipinski definition) is 0. The Labute approximate surface area is 295 Å². The van der Waals surface area contributed by atoms with E-state index in [4.69, 9.17) is 0 Å². The van der Waals surface area contributed by atoms with Crippen LogP contribution in [0.2, 0.25) is 8.35 Å². The molecule has 3 aliphatic rings. The first-order chi connectivity index (χ1) is 20.9. The van der Waals surface area contributed by atoms with Crippen molar-refractivity contribution in [2.24, 2.45) is 0 Å². The molecule has 238 valence electrons. The van der Waals surface area contributed by atoms with Gasteiger partial charge >= 0.3 is 272 Å². The fourth-order valence-electron chi connectivity index (χ4n) is 8.76. The van der Waals surface area contributed by atoms with Crippen LogP contribution in [0.1, 0.15) is 103 Å². The topological polar surface area (TPSA) is 0 Å². The van der Waals surface area contributed by atoms with Gasteiger partial charge in [0.1, 0.15) is 0 Å². The first-order valence-corrected chi connectivity index (χ1v) is 26.0. The molecule has 0 nitrogen and oxygen atoms in total. The molecule has 1 fully saturated rings. The van der Waals surface area contributed by atoms with Crippen LogP contribution in [0.4, 0.5) is 0 Å². The summed E-state index contributed by atoms with van der Waals surface area (Å²) in [5.41, 5.74) is 18.2. The summed E-state index contributed by atoms with van der Waals surface area (Å²) in [6.45, 7) is 18.7. The van der Waals surface area contributed by atoms with E-state index >= 15 is 0 Å². The minimum absolute atomic E-state index is 0. The minimum atomic E-state index is -2.95. The second kappa shape index (κ2) is 12.7. The maximum atomic E-state index is 2.58. The van der Waals surface area contributed by atoms with E-state index in [2.05, 4.69) is 152 Å². The molecule has 0 radical (unpaired) electrons.